The third kappa shape index (κ3) is 1.32. The van der Waals surface area contributed by atoms with Crippen LogP contribution in [0.4, 0.5) is 4.79 Å². The van der Waals surface area contributed by atoms with E-state index in [0.29, 0.717) is 5.56 Å². The summed E-state index contributed by atoms with van der Waals surface area (Å²) in [5.74, 6) is 0. The number of nitrogens with one attached hydrogen (secondary N) is 1. The molecule has 0 aliphatic carbocycles. The van der Waals surface area contributed by atoms with Crippen LogP contribution in [0.5, 0.6) is 0 Å². The van der Waals surface area contributed by atoms with E-state index in [-0.39, 0.29) is 5.49 Å². The molecule has 5 heteroatoms. The van der Waals surface area contributed by atoms with Crippen LogP contribution in [-0.4, -0.2) is 10.6 Å². The van der Waals surface area contributed by atoms with E-state index in [0.717, 1.165) is 4.57 Å². The van der Waals surface area contributed by atoms with Crippen molar-refractivity contribution in [2.24, 2.45) is 5.73 Å². The largest absolute Gasteiger partial charge is 0.351 e. The Hall–Kier alpha value is -2.09. The lowest BCUT2D eigenvalue weighted by Crippen LogP contribution is -2.30. The first kappa shape index (κ1) is 8.01. The van der Waals surface area contributed by atoms with E-state index in [4.69, 9.17) is 16.4 Å². The van der Waals surface area contributed by atoms with Gasteiger partial charge in [-0.15, -0.1) is 0 Å². The predicted molar refractivity (Wildman–Crippen MR) is 40.0 cm³/mol. The highest BCUT2D eigenvalue weighted by atomic mass is 16.2. The number of nitrogens with two attached hydrogens (primary N) is 1. The van der Waals surface area contributed by atoms with E-state index in [2.05, 4.69) is 0 Å². The second kappa shape index (κ2) is 2.88. The van der Waals surface area contributed by atoms with E-state index >= 15 is 0 Å². The summed E-state index contributed by atoms with van der Waals surface area (Å²) in [6, 6.07) is 3.85. The number of nitrogens with zero attached hydrogens (tertiary/aromatic N) is 2. The van der Waals surface area contributed by atoms with Crippen LogP contribution in [0.2, 0.25) is 0 Å². The van der Waals surface area contributed by atoms with Gasteiger partial charge >= 0.3 is 6.03 Å². The normalized spacial score (nSPS) is 8.92. The summed E-state index contributed by atoms with van der Waals surface area (Å²) in [7, 11) is 0. The standard InChI is InChI=1S/C7H6N4O/c8-3-5-1-2-6(9)11(4-5)7(10)12/h1-2,4,9H,(H2,10,12). The van der Waals surface area contributed by atoms with Gasteiger partial charge in [-0.2, -0.15) is 5.26 Å². The second-order valence-corrected chi connectivity index (χ2v) is 2.12. The van der Waals surface area contributed by atoms with Gasteiger partial charge in [0.15, 0.2) is 0 Å². The fourth-order valence-electron chi connectivity index (χ4n) is 0.749. The van der Waals surface area contributed by atoms with Crippen molar-refractivity contribution in [2.45, 2.75) is 0 Å². The molecule has 3 N–H and O–H groups in total. The maximum absolute atomic E-state index is 10.6. The van der Waals surface area contributed by atoms with Gasteiger partial charge in [-0.05, 0) is 12.1 Å². The van der Waals surface area contributed by atoms with Crippen molar-refractivity contribution < 1.29 is 4.79 Å². The summed E-state index contributed by atoms with van der Waals surface area (Å²) in [6.07, 6.45) is 1.23. The summed E-state index contributed by atoms with van der Waals surface area (Å²) in [5, 5.41) is 15.7. The van der Waals surface area contributed by atoms with Crippen molar-refractivity contribution in [2.75, 3.05) is 0 Å². The molecule has 1 aromatic heterocycles. The number of carbonyl (C=O) groups is 1. The Labute approximate surface area is 68.2 Å². The topological polar surface area (TPSA) is 95.7 Å². The summed E-state index contributed by atoms with van der Waals surface area (Å²) in [6.45, 7) is 0. The Morgan fingerprint density at radius 2 is 2.33 bits per heavy atom. The highest BCUT2D eigenvalue weighted by Crippen LogP contribution is 1.90. The number of amides is 1. The van der Waals surface area contributed by atoms with Gasteiger partial charge in [0, 0.05) is 6.20 Å². The highest BCUT2D eigenvalue weighted by molar-refractivity contribution is 5.74. The van der Waals surface area contributed by atoms with Crippen molar-refractivity contribution in [3.05, 3.63) is 29.4 Å². The molecule has 0 aromatic carbocycles. The minimum absolute atomic E-state index is 0.0403. The summed E-state index contributed by atoms with van der Waals surface area (Å²) in [5.41, 5.74) is 5.19. The number of hydrogen-bond acceptors (Lipinski definition) is 3. The van der Waals surface area contributed by atoms with Crippen LogP contribution in [0.1, 0.15) is 5.56 Å². The molecule has 0 aliphatic rings. The van der Waals surface area contributed by atoms with E-state index in [9.17, 15) is 4.79 Å². The number of carbonyl (C=O) groups excluding carboxylic acids is 1. The van der Waals surface area contributed by atoms with Crippen LogP contribution in [-0.2, 0) is 0 Å². The van der Waals surface area contributed by atoms with E-state index in [1.54, 1.807) is 0 Å². The number of rotatable bonds is 0. The first-order valence-corrected chi connectivity index (χ1v) is 3.12. The molecule has 1 aromatic rings. The number of aromatic nitrogens is 1. The van der Waals surface area contributed by atoms with Gasteiger partial charge in [0.2, 0.25) is 0 Å². The van der Waals surface area contributed by atoms with E-state index < -0.39 is 6.03 Å². The maximum atomic E-state index is 10.6. The van der Waals surface area contributed by atoms with Gasteiger partial charge in [0.1, 0.15) is 11.6 Å². The molecule has 12 heavy (non-hydrogen) atoms. The molecule has 0 fully saturated rings. The van der Waals surface area contributed by atoms with Gasteiger partial charge in [-0.25, -0.2) is 4.79 Å². The molecule has 5 nitrogen and oxygen atoms in total. The quantitative estimate of drug-likeness (QED) is 0.550. The van der Waals surface area contributed by atoms with Crippen LogP contribution in [0.25, 0.3) is 0 Å². The van der Waals surface area contributed by atoms with Crippen molar-refractivity contribution in [3.8, 4) is 6.07 Å². The molecular formula is C7H6N4O. The van der Waals surface area contributed by atoms with Crippen LogP contribution in [0.3, 0.4) is 0 Å². The molecule has 1 amide bonds. The van der Waals surface area contributed by atoms with Crippen LogP contribution in [0.15, 0.2) is 18.3 Å². The zero-order valence-corrected chi connectivity index (χ0v) is 6.11. The summed E-state index contributed by atoms with van der Waals surface area (Å²) < 4.78 is 0.901. The van der Waals surface area contributed by atoms with Crippen molar-refractivity contribution in [1.82, 2.24) is 4.57 Å². The van der Waals surface area contributed by atoms with Crippen LogP contribution < -0.4 is 11.2 Å². The Bertz CT molecular complexity index is 412. The molecule has 0 radical (unpaired) electrons. The fraction of sp³-hybridized carbons (Fsp3) is 0. The molecule has 0 saturated carbocycles. The van der Waals surface area contributed by atoms with Crippen LogP contribution >= 0.6 is 0 Å². The Balaban J connectivity index is 3.39. The SMILES string of the molecule is N#Cc1ccc(=N)n(C(N)=O)c1. The maximum Gasteiger partial charge on any atom is 0.324 e. The number of nitriles is 1. The molecule has 0 atom stereocenters. The Kier molecular flexibility index (Phi) is 1.92. The fourth-order valence-corrected chi connectivity index (χ4v) is 0.749. The summed E-state index contributed by atoms with van der Waals surface area (Å²) >= 11 is 0. The minimum Gasteiger partial charge on any atom is -0.351 e. The highest BCUT2D eigenvalue weighted by Gasteiger charge is 1.99. The molecule has 0 bridgehead atoms. The van der Waals surface area contributed by atoms with Crippen molar-refractivity contribution in [3.63, 3.8) is 0 Å². The van der Waals surface area contributed by atoms with E-state index in [1.807, 2.05) is 6.07 Å². The van der Waals surface area contributed by atoms with Gasteiger partial charge in [0.25, 0.3) is 0 Å². The average molecular weight is 162 g/mol. The lowest BCUT2D eigenvalue weighted by atomic mass is 10.3. The number of pyridine rings is 1. The molecule has 60 valence electrons. The zero-order chi connectivity index (χ0) is 9.14. The van der Waals surface area contributed by atoms with Gasteiger partial charge in [-0.3, -0.25) is 9.98 Å². The molecule has 0 spiro atoms. The zero-order valence-electron chi connectivity index (χ0n) is 6.11. The van der Waals surface area contributed by atoms with Crippen LogP contribution in [0, 0.1) is 16.7 Å². The third-order valence-corrected chi connectivity index (χ3v) is 1.32. The molecular weight excluding hydrogens is 156 g/mol. The van der Waals surface area contributed by atoms with Gasteiger partial charge < -0.3 is 5.73 Å². The number of hydrogen-bond donors (Lipinski definition) is 2. The lowest BCUT2D eigenvalue weighted by molar-refractivity contribution is 0.249. The minimum atomic E-state index is -0.767. The van der Waals surface area contributed by atoms with Crippen molar-refractivity contribution >= 4 is 6.03 Å². The average Bonchev–Trinajstić information content (AvgIpc) is 2.05. The number of primary amides is 1. The Morgan fingerprint density at radius 1 is 1.67 bits per heavy atom. The van der Waals surface area contributed by atoms with E-state index in [1.165, 1.54) is 18.3 Å². The third-order valence-electron chi connectivity index (χ3n) is 1.32. The smallest absolute Gasteiger partial charge is 0.324 e. The molecule has 0 saturated heterocycles. The lowest BCUT2D eigenvalue weighted by Gasteiger charge is -1.99. The Morgan fingerprint density at radius 3 is 2.83 bits per heavy atom. The van der Waals surface area contributed by atoms with Crippen molar-refractivity contribution in [1.29, 1.82) is 10.7 Å². The molecule has 0 unspecified atom stereocenters. The first-order valence-electron chi connectivity index (χ1n) is 3.12. The molecule has 1 heterocycles. The predicted octanol–water partition coefficient (Wildman–Crippen LogP) is -0.234. The molecule has 0 aliphatic heterocycles. The van der Waals surface area contributed by atoms with Gasteiger partial charge in [-0.1, -0.05) is 0 Å². The van der Waals surface area contributed by atoms with Gasteiger partial charge in [0.05, 0.1) is 5.56 Å². The monoisotopic (exact) mass is 162 g/mol. The second-order valence-electron chi connectivity index (χ2n) is 2.12. The molecule has 1 rings (SSSR count). The first-order chi connectivity index (χ1) is 5.65. The summed E-state index contributed by atoms with van der Waals surface area (Å²) in [4.78, 5) is 10.6.